The highest BCUT2D eigenvalue weighted by Gasteiger charge is 2.22. The maximum atomic E-state index is 10.8. The number of hydrogen-bond acceptors (Lipinski definition) is 5. The predicted molar refractivity (Wildman–Crippen MR) is 83.0 cm³/mol. The predicted octanol–water partition coefficient (Wildman–Crippen LogP) is 3.10. The Bertz CT molecular complexity index is 552. The molecule has 1 saturated heterocycles. The molecule has 1 atom stereocenters. The number of rotatable bonds is 5. The first kappa shape index (κ1) is 18.2. The Morgan fingerprint density at radius 1 is 1.55 bits per heavy atom. The molecule has 8 heteroatoms. The zero-order valence-corrected chi connectivity index (χ0v) is 13.0. The minimum atomic E-state index is -1.41. The molecule has 0 aromatic heterocycles. The van der Waals surface area contributed by atoms with E-state index in [-0.39, 0.29) is 23.8 Å². The number of halogens is 1. The van der Waals surface area contributed by atoms with Gasteiger partial charge in [0.25, 0.3) is 5.69 Å². The highest BCUT2D eigenvalue weighted by Crippen LogP contribution is 2.28. The van der Waals surface area contributed by atoms with E-state index < -0.39 is 11.1 Å². The molecule has 7 nitrogen and oxygen atoms in total. The fourth-order valence-corrected chi connectivity index (χ4v) is 2.73. The second-order valence-corrected chi connectivity index (χ2v) is 5.23. The van der Waals surface area contributed by atoms with E-state index in [9.17, 15) is 14.9 Å². The second-order valence-electron chi connectivity index (χ2n) is 5.23. The number of nitro benzene ring substituents is 1. The zero-order chi connectivity index (χ0) is 15.4. The number of non-ortho nitro benzene ring substituents is 1. The molecule has 1 aromatic carbocycles. The highest BCUT2D eigenvalue weighted by molar-refractivity contribution is 5.85. The lowest BCUT2D eigenvalue weighted by Crippen LogP contribution is -2.25. The van der Waals surface area contributed by atoms with Crippen molar-refractivity contribution < 1.29 is 19.6 Å². The molecule has 1 aromatic rings. The van der Waals surface area contributed by atoms with E-state index in [1.807, 2.05) is 0 Å². The summed E-state index contributed by atoms with van der Waals surface area (Å²) in [5.41, 5.74) is 0.509. The van der Waals surface area contributed by atoms with Crippen molar-refractivity contribution in [2.24, 2.45) is 0 Å². The van der Waals surface area contributed by atoms with Crippen LogP contribution in [0.3, 0.4) is 0 Å². The summed E-state index contributed by atoms with van der Waals surface area (Å²) >= 11 is 0. The summed E-state index contributed by atoms with van der Waals surface area (Å²) in [5, 5.41) is 19.6. The van der Waals surface area contributed by atoms with E-state index in [0.717, 1.165) is 25.8 Å². The summed E-state index contributed by atoms with van der Waals surface area (Å²) in [6, 6.07) is 4.43. The van der Waals surface area contributed by atoms with E-state index in [4.69, 9.17) is 9.84 Å². The Labute approximate surface area is 134 Å². The molecule has 1 aliphatic rings. The van der Waals surface area contributed by atoms with Crippen LogP contribution in [0.25, 0.3) is 0 Å². The van der Waals surface area contributed by atoms with Gasteiger partial charge in [-0.05, 0) is 45.3 Å². The summed E-state index contributed by atoms with van der Waals surface area (Å²) < 4.78 is 4.70. The van der Waals surface area contributed by atoms with Gasteiger partial charge in [0.1, 0.15) is 5.75 Å². The van der Waals surface area contributed by atoms with Gasteiger partial charge in [-0.25, -0.2) is 4.79 Å². The summed E-state index contributed by atoms with van der Waals surface area (Å²) in [5.74, 6) is 0.175. The van der Waals surface area contributed by atoms with Crippen molar-refractivity contribution in [1.29, 1.82) is 0 Å². The van der Waals surface area contributed by atoms with Crippen LogP contribution in [0.2, 0.25) is 0 Å². The van der Waals surface area contributed by atoms with Crippen molar-refractivity contribution >= 4 is 24.2 Å². The van der Waals surface area contributed by atoms with Crippen LogP contribution in [0, 0.1) is 10.1 Å². The van der Waals surface area contributed by atoms with E-state index in [1.165, 1.54) is 18.2 Å². The molecule has 0 aliphatic carbocycles. The zero-order valence-electron chi connectivity index (χ0n) is 12.2. The lowest BCUT2D eigenvalue weighted by atomic mass is 10.0. The summed E-state index contributed by atoms with van der Waals surface area (Å²) in [7, 11) is 2.06. The van der Waals surface area contributed by atoms with Crippen LogP contribution in [-0.2, 0) is 6.42 Å². The Balaban J connectivity index is 0.00000242. The standard InChI is InChI=1S/C14H18N2O5.ClH/c1-15-8-2-3-11(15)5-4-10-9-12(16(19)20)6-7-13(10)21-14(17)18;/h6-7,9,11H,2-5,8H2,1H3,(H,17,18);1H. The largest absolute Gasteiger partial charge is 0.511 e. The van der Waals surface area contributed by atoms with E-state index >= 15 is 0 Å². The number of nitro groups is 1. The van der Waals surface area contributed by atoms with Gasteiger partial charge in [0.2, 0.25) is 0 Å². The molecule has 2 rings (SSSR count). The van der Waals surface area contributed by atoms with Crippen molar-refractivity contribution in [1.82, 2.24) is 4.90 Å². The van der Waals surface area contributed by atoms with Crippen LogP contribution in [0.5, 0.6) is 5.75 Å². The average molecular weight is 331 g/mol. The van der Waals surface area contributed by atoms with Crippen molar-refractivity contribution in [3.8, 4) is 5.75 Å². The SMILES string of the molecule is CN1CCCC1CCc1cc([N+](=O)[O-])ccc1OC(=O)O.Cl. The number of nitrogens with zero attached hydrogens (tertiary/aromatic N) is 2. The molecule has 1 fully saturated rings. The maximum absolute atomic E-state index is 10.8. The first-order valence-electron chi connectivity index (χ1n) is 6.85. The van der Waals surface area contributed by atoms with Crippen LogP contribution in [0.4, 0.5) is 10.5 Å². The number of benzene rings is 1. The normalized spacial score (nSPS) is 17.8. The first-order valence-corrected chi connectivity index (χ1v) is 6.85. The molecule has 1 aliphatic heterocycles. The lowest BCUT2D eigenvalue weighted by molar-refractivity contribution is -0.384. The van der Waals surface area contributed by atoms with Crippen LogP contribution < -0.4 is 4.74 Å². The van der Waals surface area contributed by atoms with E-state index in [2.05, 4.69) is 11.9 Å². The smallest absolute Gasteiger partial charge is 0.449 e. The molecule has 0 spiro atoms. The number of aryl methyl sites for hydroxylation is 1. The van der Waals surface area contributed by atoms with Gasteiger partial charge in [-0.1, -0.05) is 0 Å². The van der Waals surface area contributed by atoms with Crippen LogP contribution in [0.1, 0.15) is 24.8 Å². The van der Waals surface area contributed by atoms with Gasteiger partial charge in [0.15, 0.2) is 0 Å². The molecule has 22 heavy (non-hydrogen) atoms. The monoisotopic (exact) mass is 330 g/mol. The molecule has 0 radical (unpaired) electrons. The molecule has 0 bridgehead atoms. The second kappa shape index (κ2) is 7.95. The van der Waals surface area contributed by atoms with Crippen molar-refractivity contribution in [3.05, 3.63) is 33.9 Å². The fourth-order valence-electron chi connectivity index (χ4n) is 2.73. The third kappa shape index (κ3) is 4.57. The Kier molecular flexibility index (Phi) is 6.58. The van der Waals surface area contributed by atoms with Gasteiger partial charge in [0, 0.05) is 23.7 Å². The van der Waals surface area contributed by atoms with E-state index in [1.54, 1.807) is 0 Å². The third-order valence-electron chi connectivity index (χ3n) is 3.87. The van der Waals surface area contributed by atoms with Crippen molar-refractivity contribution in [2.75, 3.05) is 13.6 Å². The Morgan fingerprint density at radius 3 is 2.82 bits per heavy atom. The maximum Gasteiger partial charge on any atom is 0.511 e. The highest BCUT2D eigenvalue weighted by atomic mass is 35.5. The molecule has 0 saturated carbocycles. The van der Waals surface area contributed by atoms with Crippen molar-refractivity contribution in [2.45, 2.75) is 31.7 Å². The van der Waals surface area contributed by atoms with Gasteiger partial charge in [-0.15, -0.1) is 12.4 Å². The number of carboxylic acid groups (broad SMARTS) is 1. The lowest BCUT2D eigenvalue weighted by Gasteiger charge is -2.19. The van der Waals surface area contributed by atoms with Gasteiger partial charge in [-0.3, -0.25) is 10.1 Å². The molecular formula is C14H19ClN2O5. The molecule has 0 amide bonds. The summed E-state index contributed by atoms with van der Waals surface area (Å²) in [6.45, 7) is 1.05. The molecule has 1 heterocycles. The Morgan fingerprint density at radius 2 is 2.27 bits per heavy atom. The fraction of sp³-hybridized carbons (Fsp3) is 0.500. The summed E-state index contributed by atoms with van der Waals surface area (Å²) in [4.78, 5) is 23.3. The minimum Gasteiger partial charge on any atom is -0.449 e. The van der Waals surface area contributed by atoms with Gasteiger partial charge in [-0.2, -0.15) is 0 Å². The van der Waals surface area contributed by atoms with Gasteiger partial charge < -0.3 is 14.7 Å². The molecule has 1 N–H and O–H groups in total. The summed E-state index contributed by atoms with van der Waals surface area (Å²) in [6.07, 6.45) is 2.21. The minimum absolute atomic E-state index is 0. The Hall–Kier alpha value is -1.86. The third-order valence-corrected chi connectivity index (χ3v) is 3.87. The first-order chi connectivity index (χ1) is 9.97. The van der Waals surface area contributed by atoms with Gasteiger partial charge >= 0.3 is 6.16 Å². The molecule has 122 valence electrons. The van der Waals surface area contributed by atoms with Crippen molar-refractivity contribution in [3.63, 3.8) is 0 Å². The average Bonchev–Trinajstić information content (AvgIpc) is 2.82. The number of ether oxygens (including phenoxy) is 1. The van der Waals surface area contributed by atoms with Crippen LogP contribution >= 0.6 is 12.4 Å². The number of carbonyl (C=O) groups is 1. The van der Waals surface area contributed by atoms with Crippen LogP contribution in [-0.4, -0.2) is 40.7 Å². The molecular weight excluding hydrogens is 312 g/mol. The number of likely N-dealkylation sites (tertiary alicyclic amines) is 1. The molecule has 1 unspecified atom stereocenters. The topological polar surface area (TPSA) is 92.9 Å². The quantitative estimate of drug-likeness (QED) is 0.386. The van der Waals surface area contributed by atoms with Crippen LogP contribution in [0.15, 0.2) is 18.2 Å². The van der Waals surface area contributed by atoms with E-state index in [0.29, 0.717) is 18.0 Å². The van der Waals surface area contributed by atoms with Gasteiger partial charge in [0.05, 0.1) is 4.92 Å². The number of hydrogen-bond donors (Lipinski definition) is 1.